The summed E-state index contributed by atoms with van der Waals surface area (Å²) in [7, 11) is -2.00. The molecule has 1 atom stereocenters. The van der Waals surface area contributed by atoms with E-state index in [2.05, 4.69) is 0 Å². The second-order valence-corrected chi connectivity index (χ2v) is 10.2. The number of carbonyl (C=O) groups excluding carboxylic acids is 1. The van der Waals surface area contributed by atoms with Crippen LogP contribution in [-0.4, -0.2) is 50.3 Å². The molecule has 2 aromatic rings. The molecule has 2 aliphatic rings. The molecule has 2 fully saturated rings. The first-order valence-electron chi connectivity index (χ1n) is 10.9. The Hall–Kier alpha value is -2.89. The molecule has 0 aromatic heterocycles. The van der Waals surface area contributed by atoms with Gasteiger partial charge in [0.1, 0.15) is 5.75 Å². The van der Waals surface area contributed by atoms with E-state index >= 15 is 0 Å². The highest BCUT2D eigenvalue weighted by atomic mass is 32.2. The van der Waals surface area contributed by atoms with Gasteiger partial charge in [-0.1, -0.05) is 12.1 Å². The molecule has 7 nitrogen and oxygen atoms in total. The Kier molecular flexibility index (Phi) is 6.49. The van der Waals surface area contributed by atoms with Crippen LogP contribution in [0.15, 0.2) is 53.4 Å². The number of ether oxygens (including phenoxy) is 1. The summed E-state index contributed by atoms with van der Waals surface area (Å²) in [6.07, 6.45) is 2.90. The Morgan fingerprint density at radius 1 is 1.06 bits per heavy atom. The molecule has 2 aromatic carbocycles. The summed E-state index contributed by atoms with van der Waals surface area (Å²) >= 11 is 0. The Morgan fingerprint density at radius 2 is 1.78 bits per heavy atom. The number of methoxy groups -OCH3 is 1. The van der Waals surface area contributed by atoms with Gasteiger partial charge >= 0.3 is 0 Å². The molecule has 2 saturated heterocycles. The van der Waals surface area contributed by atoms with Gasteiger partial charge in [0.15, 0.2) is 0 Å². The molecule has 2 aliphatic heterocycles. The lowest BCUT2D eigenvalue weighted by atomic mass is 9.95. The molecular formula is C24H27N3O4S. The van der Waals surface area contributed by atoms with Gasteiger partial charge < -0.3 is 9.64 Å². The fourth-order valence-electron chi connectivity index (χ4n) is 4.65. The zero-order valence-electron chi connectivity index (χ0n) is 18.1. The summed E-state index contributed by atoms with van der Waals surface area (Å²) in [5.74, 6) is 0.725. The molecule has 8 heteroatoms. The van der Waals surface area contributed by atoms with Crippen molar-refractivity contribution in [3.63, 3.8) is 0 Å². The monoisotopic (exact) mass is 453 g/mol. The van der Waals surface area contributed by atoms with Crippen molar-refractivity contribution in [3.05, 3.63) is 59.7 Å². The van der Waals surface area contributed by atoms with Gasteiger partial charge in [0.05, 0.1) is 29.7 Å². The molecule has 32 heavy (non-hydrogen) atoms. The normalized spacial score (nSPS) is 20.1. The van der Waals surface area contributed by atoms with Crippen molar-refractivity contribution >= 4 is 15.9 Å². The molecule has 0 radical (unpaired) electrons. The average Bonchev–Trinajstić information content (AvgIpc) is 3.34. The van der Waals surface area contributed by atoms with E-state index in [1.807, 2.05) is 35.2 Å². The van der Waals surface area contributed by atoms with Crippen molar-refractivity contribution in [2.24, 2.45) is 5.92 Å². The molecule has 168 valence electrons. The fourth-order valence-corrected chi connectivity index (χ4v) is 6.12. The highest BCUT2D eigenvalue weighted by molar-refractivity contribution is 7.89. The Balaban J connectivity index is 1.42. The predicted octanol–water partition coefficient (Wildman–Crippen LogP) is 3.33. The molecule has 2 heterocycles. The lowest BCUT2D eigenvalue weighted by Gasteiger charge is -2.34. The van der Waals surface area contributed by atoms with Crippen molar-refractivity contribution in [2.75, 3.05) is 26.7 Å². The summed E-state index contributed by atoms with van der Waals surface area (Å²) in [6.45, 7) is 1.36. The van der Waals surface area contributed by atoms with Crippen LogP contribution in [0, 0.1) is 17.2 Å². The second kappa shape index (κ2) is 9.31. The van der Waals surface area contributed by atoms with Gasteiger partial charge in [-0.15, -0.1) is 0 Å². The van der Waals surface area contributed by atoms with E-state index in [0.717, 1.165) is 30.7 Å². The third-order valence-electron chi connectivity index (χ3n) is 6.44. The third kappa shape index (κ3) is 4.36. The van der Waals surface area contributed by atoms with Crippen molar-refractivity contribution in [1.82, 2.24) is 9.21 Å². The zero-order chi connectivity index (χ0) is 22.7. The van der Waals surface area contributed by atoms with Gasteiger partial charge in [0.25, 0.3) is 0 Å². The lowest BCUT2D eigenvalue weighted by Crippen LogP contribution is -2.44. The number of benzene rings is 2. The van der Waals surface area contributed by atoms with Crippen molar-refractivity contribution < 1.29 is 17.9 Å². The molecular weight excluding hydrogens is 426 g/mol. The van der Waals surface area contributed by atoms with Crippen LogP contribution in [0.4, 0.5) is 0 Å². The molecule has 0 spiro atoms. The number of likely N-dealkylation sites (tertiary alicyclic amines) is 1. The molecule has 0 unspecified atom stereocenters. The molecule has 0 bridgehead atoms. The number of nitrogens with zero attached hydrogens (tertiary/aromatic N) is 3. The Labute approximate surface area is 189 Å². The number of nitriles is 1. The van der Waals surface area contributed by atoms with Gasteiger partial charge in [-0.3, -0.25) is 4.79 Å². The second-order valence-electron chi connectivity index (χ2n) is 8.28. The predicted molar refractivity (Wildman–Crippen MR) is 119 cm³/mol. The fraction of sp³-hybridized carbons (Fsp3) is 0.417. The molecule has 0 N–H and O–H groups in total. The van der Waals surface area contributed by atoms with Crippen LogP contribution in [0.2, 0.25) is 0 Å². The minimum absolute atomic E-state index is 0.0398. The maximum atomic E-state index is 13.3. The first-order chi connectivity index (χ1) is 15.4. The van der Waals surface area contributed by atoms with E-state index in [4.69, 9.17) is 10.00 Å². The smallest absolute Gasteiger partial charge is 0.243 e. The van der Waals surface area contributed by atoms with Gasteiger partial charge in [-0.05, 0) is 67.6 Å². The van der Waals surface area contributed by atoms with Crippen LogP contribution in [0.25, 0.3) is 0 Å². The first kappa shape index (κ1) is 22.3. The van der Waals surface area contributed by atoms with Gasteiger partial charge in [-0.25, -0.2) is 8.42 Å². The quantitative estimate of drug-likeness (QED) is 0.693. The minimum atomic E-state index is -3.63. The SMILES string of the molecule is COc1cccc([C@H]2CCCN2C(=O)C2CCN(S(=O)(=O)c3ccc(C#N)cc3)CC2)c1. The standard InChI is InChI=1S/C24H27N3O4S/c1-31-21-5-2-4-20(16-21)23-6-3-13-27(23)24(28)19-11-14-26(15-12-19)32(29,30)22-9-7-18(17-25)8-10-22/h2,4-5,7-10,16,19,23H,3,6,11-15H2,1H3/t23-/m1/s1. The summed E-state index contributed by atoms with van der Waals surface area (Å²) in [6, 6.07) is 15.9. The van der Waals surface area contributed by atoms with Crippen LogP contribution in [-0.2, 0) is 14.8 Å². The minimum Gasteiger partial charge on any atom is -0.497 e. The zero-order valence-corrected chi connectivity index (χ0v) is 18.9. The van der Waals surface area contributed by atoms with Crippen LogP contribution in [0.5, 0.6) is 5.75 Å². The first-order valence-corrected chi connectivity index (χ1v) is 12.3. The van der Waals surface area contributed by atoms with E-state index in [1.54, 1.807) is 7.11 Å². The topological polar surface area (TPSA) is 90.7 Å². The van der Waals surface area contributed by atoms with Crippen LogP contribution >= 0.6 is 0 Å². The maximum Gasteiger partial charge on any atom is 0.243 e. The highest BCUT2D eigenvalue weighted by Crippen LogP contribution is 2.36. The number of rotatable bonds is 5. The van der Waals surface area contributed by atoms with Crippen molar-refractivity contribution in [1.29, 1.82) is 5.26 Å². The van der Waals surface area contributed by atoms with Gasteiger partial charge in [-0.2, -0.15) is 9.57 Å². The van der Waals surface area contributed by atoms with Gasteiger partial charge in [0, 0.05) is 25.6 Å². The van der Waals surface area contributed by atoms with Crippen LogP contribution < -0.4 is 4.74 Å². The maximum absolute atomic E-state index is 13.3. The van der Waals surface area contributed by atoms with E-state index < -0.39 is 10.0 Å². The van der Waals surface area contributed by atoms with E-state index in [1.165, 1.54) is 28.6 Å². The van der Waals surface area contributed by atoms with Crippen molar-refractivity contribution in [2.45, 2.75) is 36.6 Å². The highest BCUT2D eigenvalue weighted by Gasteiger charge is 2.37. The Bertz CT molecular complexity index is 1120. The van der Waals surface area contributed by atoms with E-state index in [0.29, 0.717) is 31.5 Å². The number of carbonyl (C=O) groups is 1. The van der Waals surface area contributed by atoms with Crippen LogP contribution in [0.3, 0.4) is 0 Å². The summed E-state index contributed by atoms with van der Waals surface area (Å²) in [5.41, 5.74) is 1.50. The average molecular weight is 454 g/mol. The van der Waals surface area contributed by atoms with E-state index in [9.17, 15) is 13.2 Å². The van der Waals surface area contributed by atoms with E-state index in [-0.39, 0.29) is 22.8 Å². The summed E-state index contributed by atoms with van der Waals surface area (Å²) in [5, 5.41) is 8.92. The summed E-state index contributed by atoms with van der Waals surface area (Å²) < 4.78 is 32.7. The molecule has 4 rings (SSSR count). The summed E-state index contributed by atoms with van der Waals surface area (Å²) in [4.78, 5) is 15.5. The number of sulfonamides is 1. The van der Waals surface area contributed by atoms with Crippen LogP contribution in [0.1, 0.15) is 42.9 Å². The number of piperidine rings is 1. The number of amides is 1. The number of hydrogen-bond donors (Lipinski definition) is 0. The largest absolute Gasteiger partial charge is 0.497 e. The number of hydrogen-bond acceptors (Lipinski definition) is 5. The molecule has 0 aliphatic carbocycles. The van der Waals surface area contributed by atoms with Crippen molar-refractivity contribution in [3.8, 4) is 11.8 Å². The third-order valence-corrected chi connectivity index (χ3v) is 8.35. The molecule has 1 amide bonds. The Morgan fingerprint density at radius 3 is 2.44 bits per heavy atom. The van der Waals surface area contributed by atoms with Gasteiger partial charge in [0.2, 0.25) is 15.9 Å². The molecule has 0 saturated carbocycles. The lowest BCUT2D eigenvalue weighted by molar-refractivity contribution is -0.137.